The number of fused-ring (bicyclic) bond motifs is 1. The summed E-state index contributed by atoms with van der Waals surface area (Å²) in [6.07, 6.45) is 3.31. The molecule has 18 heavy (non-hydrogen) atoms. The summed E-state index contributed by atoms with van der Waals surface area (Å²) >= 11 is 0. The predicted molar refractivity (Wildman–Crippen MR) is 71.0 cm³/mol. The maximum atomic E-state index is 4.16. The van der Waals surface area contributed by atoms with Gasteiger partial charge in [-0.1, -0.05) is 0 Å². The summed E-state index contributed by atoms with van der Waals surface area (Å²) in [6.45, 7) is 0. The number of nitrogens with zero attached hydrogens (tertiary/aromatic N) is 3. The average Bonchev–Trinajstić information content (AvgIpc) is 2.86. The van der Waals surface area contributed by atoms with Crippen molar-refractivity contribution in [2.45, 2.75) is 0 Å². The summed E-state index contributed by atoms with van der Waals surface area (Å²) in [4.78, 5) is 8.23. The number of hydrogen-bond acceptors (Lipinski definition) is 5. The fraction of sp³-hybridized carbons (Fsp3) is 0.0833. The number of H-pyrrole nitrogens is 1. The minimum absolute atomic E-state index is 0.744. The Bertz CT molecular complexity index is 675. The van der Waals surface area contributed by atoms with Gasteiger partial charge in [-0.3, -0.25) is 5.10 Å². The molecule has 6 nitrogen and oxygen atoms in total. The largest absolute Gasteiger partial charge is 0.373 e. The molecule has 90 valence electrons. The van der Waals surface area contributed by atoms with Gasteiger partial charge in [-0.05, 0) is 18.2 Å². The first kappa shape index (κ1) is 10.5. The number of aromatic amines is 1. The van der Waals surface area contributed by atoms with Gasteiger partial charge in [-0.25, -0.2) is 9.97 Å². The fourth-order valence-electron chi connectivity index (χ4n) is 1.73. The highest BCUT2D eigenvalue weighted by Crippen LogP contribution is 2.20. The Morgan fingerprint density at radius 2 is 2.00 bits per heavy atom. The third kappa shape index (κ3) is 1.95. The van der Waals surface area contributed by atoms with E-state index in [1.165, 1.54) is 6.33 Å². The number of hydrogen-bond donors (Lipinski definition) is 3. The van der Waals surface area contributed by atoms with Crippen molar-refractivity contribution in [3.05, 3.63) is 36.8 Å². The summed E-state index contributed by atoms with van der Waals surface area (Å²) in [5.41, 5.74) is 1.94. The quantitative estimate of drug-likeness (QED) is 0.653. The molecule has 0 bridgehead atoms. The Kier molecular flexibility index (Phi) is 2.53. The SMILES string of the molecule is CNc1cc(Nc2ccc3cn[nH]c3c2)ncn1. The molecule has 0 atom stereocenters. The van der Waals surface area contributed by atoms with Crippen LogP contribution in [0.25, 0.3) is 10.9 Å². The van der Waals surface area contributed by atoms with Crippen LogP contribution in [0.3, 0.4) is 0 Å². The highest BCUT2D eigenvalue weighted by atomic mass is 15.1. The molecular weight excluding hydrogens is 228 g/mol. The van der Waals surface area contributed by atoms with Gasteiger partial charge in [-0.15, -0.1) is 0 Å². The Morgan fingerprint density at radius 3 is 2.89 bits per heavy atom. The van der Waals surface area contributed by atoms with Gasteiger partial charge >= 0.3 is 0 Å². The second-order valence-corrected chi connectivity index (χ2v) is 3.84. The molecular formula is C12H12N6. The monoisotopic (exact) mass is 240 g/mol. The maximum absolute atomic E-state index is 4.16. The Hall–Kier alpha value is -2.63. The van der Waals surface area contributed by atoms with Crippen molar-refractivity contribution in [2.24, 2.45) is 0 Å². The zero-order valence-electron chi connectivity index (χ0n) is 9.81. The molecule has 0 spiro atoms. The molecule has 0 saturated carbocycles. The molecule has 0 fully saturated rings. The first-order valence-corrected chi connectivity index (χ1v) is 5.55. The molecule has 0 radical (unpaired) electrons. The van der Waals surface area contributed by atoms with Crippen LogP contribution >= 0.6 is 0 Å². The van der Waals surface area contributed by atoms with Gasteiger partial charge in [0.05, 0.1) is 11.7 Å². The van der Waals surface area contributed by atoms with Gasteiger partial charge in [0.25, 0.3) is 0 Å². The van der Waals surface area contributed by atoms with Gasteiger partial charge < -0.3 is 10.6 Å². The lowest BCUT2D eigenvalue weighted by molar-refractivity contribution is 1.12. The Balaban J connectivity index is 1.90. The smallest absolute Gasteiger partial charge is 0.135 e. The molecule has 3 aromatic rings. The second-order valence-electron chi connectivity index (χ2n) is 3.84. The lowest BCUT2D eigenvalue weighted by Gasteiger charge is -2.06. The molecule has 2 heterocycles. The van der Waals surface area contributed by atoms with E-state index in [4.69, 9.17) is 0 Å². The van der Waals surface area contributed by atoms with Gasteiger partial charge in [0.2, 0.25) is 0 Å². The highest BCUT2D eigenvalue weighted by Gasteiger charge is 2.00. The lowest BCUT2D eigenvalue weighted by atomic mass is 10.2. The Morgan fingerprint density at radius 1 is 1.11 bits per heavy atom. The van der Waals surface area contributed by atoms with Crippen LogP contribution in [-0.4, -0.2) is 27.2 Å². The number of anilines is 3. The van der Waals surface area contributed by atoms with E-state index in [0.717, 1.165) is 28.2 Å². The van der Waals surface area contributed by atoms with Crippen molar-refractivity contribution >= 4 is 28.2 Å². The molecule has 0 aliphatic carbocycles. The summed E-state index contributed by atoms with van der Waals surface area (Å²) in [5.74, 6) is 1.52. The van der Waals surface area contributed by atoms with Crippen molar-refractivity contribution in [2.75, 3.05) is 17.7 Å². The standard InChI is InChI=1S/C12H12N6/c1-13-11-5-12(15-7-14-11)17-9-3-2-8-6-16-18-10(8)4-9/h2-7H,1H3,(H,16,18)(H2,13,14,15,17). The third-order valence-corrected chi connectivity index (χ3v) is 2.64. The molecule has 2 aromatic heterocycles. The minimum atomic E-state index is 0.744. The number of benzene rings is 1. The van der Waals surface area contributed by atoms with Gasteiger partial charge in [0.15, 0.2) is 0 Å². The second kappa shape index (κ2) is 4.33. The summed E-state index contributed by atoms with van der Waals surface area (Å²) < 4.78 is 0. The van der Waals surface area contributed by atoms with Gasteiger partial charge in [-0.2, -0.15) is 5.10 Å². The van der Waals surface area contributed by atoms with Crippen molar-refractivity contribution in [3.8, 4) is 0 Å². The maximum Gasteiger partial charge on any atom is 0.135 e. The zero-order chi connectivity index (χ0) is 12.4. The van der Waals surface area contributed by atoms with Crippen molar-refractivity contribution in [1.82, 2.24) is 20.2 Å². The molecule has 0 unspecified atom stereocenters. The molecule has 6 heteroatoms. The normalized spacial score (nSPS) is 10.5. The van der Waals surface area contributed by atoms with Crippen LogP contribution in [0.4, 0.5) is 17.3 Å². The van der Waals surface area contributed by atoms with E-state index in [2.05, 4.69) is 30.8 Å². The van der Waals surface area contributed by atoms with E-state index in [1.54, 1.807) is 6.20 Å². The number of nitrogens with one attached hydrogen (secondary N) is 3. The van der Waals surface area contributed by atoms with Crippen LogP contribution < -0.4 is 10.6 Å². The Labute approximate surface area is 103 Å². The summed E-state index contributed by atoms with van der Waals surface area (Å²) in [5, 5.41) is 14.2. The van der Waals surface area contributed by atoms with Gasteiger partial charge in [0.1, 0.15) is 18.0 Å². The predicted octanol–water partition coefficient (Wildman–Crippen LogP) is 2.14. The lowest BCUT2D eigenvalue weighted by Crippen LogP contribution is -1.97. The summed E-state index contributed by atoms with van der Waals surface area (Å²) in [7, 11) is 1.82. The van der Waals surface area contributed by atoms with Crippen LogP contribution in [0.2, 0.25) is 0 Å². The van der Waals surface area contributed by atoms with Crippen LogP contribution in [0.15, 0.2) is 36.8 Å². The first-order chi connectivity index (χ1) is 8.85. The number of rotatable bonds is 3. The molecule has 0 saturated heterocycles. The zero-order valence-corrected chi connectivity index (χ0v) is 9.81. The molecule has 1 aromatic carbocycles. The van der Waals surface area contributed by atoms with Gasteiger partial charge in [0, 0.05) is 24.2 Å². The molecule has 0 aliphatic heterocycles. The first-order valence-electron chi connectivity index (χ1n) is 5.55. The van der Waals surface area contributed by atoms with E-state index in [9.17, 15) is 0 Å². The van der Waals surface area contributed by atoms with Crippen molar-refractivity contribution in [1.29, 1.82) is 0 Å². The minimum Gasteiger partial charge on any atom is -0.373 e. The van der Waals surface area contributed by atoms with E-state index >= 15 is 0 Å². The van der Waals surface area contributed by atoms with Crippen molar-refractivity contribution < 1.29 is 0 Å². The molecule has 0 aliphatic rings. The molecule has 3 rings (SSSR count). The van der Waals surface area contributed by atoms with Crippen LogP contribution in [-0.2, 0) is 0 Å². The third-order valence-electron chi connectivity index (χ3n) is 2.64. The van der Waals surface area contributed by atoms with E-state index in [1.807, 2.05) is 31.3 Å². The van der Waals surface area contributed by atoms with Crippen LogP contribution in [0.5, 0.6) is 0 Å². The molecule has 3 N–H and O–H groups in total. The molecule has 0 amide bonds. The highest BCUT2D eigenvalue weighted by molar-refractivity contribution is 5.82. The van der Waals surface area contributed by atoms with Crippen molar-refractivity contribution in [3.63, 3.8) is 0 Å². The van der Waals surface area contributed by atoms with Crippen LogP contribution in [0.1, 0.15) is 0 Å². The van der Waals surface area contributed by atoms with E-state index in [0.29, 0.717) is 0 Å². The summed E-state index contributed by atoms with van der Waals surface area (Å²) in [6, 6.07) is 7.82. The van der Waals surface area contributed by atoms with E-state index in [-0.39, 0.29) is 0 Å². The average molecular weight is 240 g/mol. The fourth-order valence-corrected chi connectivity index (χ4v) is 1.73. The van der Waals surface area contributed by atoms with E-state index < -0.39 is 0 Å². The van der Waals surface area contributed by atoms with Crippen LogP contribution in [0, 0.1) is 0 Å². The number of aromatic nitrogens is 4. The topological polar surface area (TPSA) is 78.5 Å².